The maximum absolute atomic E-state index is 10.9. The van der Waals surface area contributed by atoms with Gasteiger partial charge in [-0.15, -0.1) is 0 Å². The average Bonchev–Trinajstić information content (AvgIpc) is 2.13. The second-order valence-corrected chi connectivity index (χ2v) is 4.44. The maximum atomic E-state index is 10.9. The van der Waals surface area contributed by atoms with Gasteiger partial charge in [-0.1, -0.05) is 0 Å². The summed E-state index contributed by atoms with van der Waals surface area (Å²) in [6.45, 7) is 1.15. The predicted molar refractivity (Wildman–Crippen MR) is 57.8 cm³/mol. The Morgan fingerprint density at radius 1 is 1.38 bits per heavy atom. The average molecular weight is 231 g/mol. The van der Waals surface area contributed by atoms with Crippen LogP contribution in [-0.2, 0) is 14.4 Å². The Morgan fingerprint density at radius 2 is 1.94 bits per heavy atom. The van der Waals surface area contributed by atoms with Crippen molar-refractivity contribution in [3.63, 3.8) is 0 Å². The van der Waals surface area contributed by atoms with Crippen LogP contribution in [-0.4, -0.2) is 73.4 Å². The van der Waals surface area contributed by atoms with Crippen LogP contribution < -0.4 is 0 Å². The number of carbonyl (C=O) groups is 3. The second-order valence-electron chi connectivity index (χ2n) is 4.44. The highest BCUT2D eigenvalue weighted by Crippen LogP contribution is 2.00. The summed E-state index contributed by atoms with van der Waals surface area (Å²) in [6, 6.07) is 0. The van der Waals surface area contributed by atoms with Gasteiger partial charge in [0.25, 0.3) is 5.91 Å². The number of aliphatic carboxylic acids is 1. The van der Waals surface area contributed by atoms with E-state index < -0.39 is 11.9 Å². The molecule has 0 radical (unpaired) electrons. The van der Waals surface area contributed by atoms with E-state index in [1.165, 1.54) is 4.90 Å². The molecule has 0 rings (SSSR count). The first-order chi connectivity index (χ1) is 7.28. The van der Waals surface area contributed by atoms with Gasteiger partial charge in [0.1, 0.15) is 0 Å². The van der Waals surface area contributed by atoms with Crippen LogP contribution in [0.1, 0.15) is 6.42 Å². The molecule has 6 nitrogen and oxygen atoms in total. The lowest BCUT2D eigenvalue weighted by Crippen LogP contribution is -2.45. The molecular formula is C10H19N2O4+. The number of hydrogen-bond donors (Lipinski definition) is 1. The van der Waals surface area contributed by atoms with E-state index in [2.05, 4.69) is 0 Å². The largest absolute Gasteiger partial charge is 0.477 e. The minimum absolute atomic E-state index is 0.0470. The highest BCUT2D eigenvalue weighted by atomic mass is 16.4. The Labute approximate surface area is 95.0 Å². The number of hydrogen-bond acceptors (Lipinski definition) is 3. The van der Waals surface area contributed by atoms with Gasteiger partial charge in [0.15, 0.2) is 6.54 Å². The Kier molecular flexibility index (Phi) is 5.66. The molecule has 0 aromatic heterocycles. The maximum Gasteiger partial charge on any atom is 0.359 e. The zero-order chi connectivity index (χ0) is 12.8. The second kappa shape index (κ2) is 6.22. The zero-order valence-electron chi connectivity index (χ0n) is 9.97. The number of nitrogens with zero attached hydrogens (tertiary/aromatic N) is 2. The van der Waals surface area contributed by atoms with Gasteiger partial charge in [0.05, 0.1) is 20.6 Å². The van der Waals surface area contributed by atoms with E-state index in [0.29, 0.717) is 24.0 Å². The molecule has 0 heterocycles. The fourth-order valence-electron chi connectivity index (χ4n) is 1.38. The number of aldehydes is 1. The SMILES string of the molecule is CN(CCC[N+](C)(C)CC(=O)O)C(=O)C=O. The van der Waals surface area contributed by atoms with Crippen LogP contribution in [0.5, 0.6) is 0 Å². The van der Waals surface area contributed by atoms with Crippen LogP contribution >= 0.6 is 0 Å². The molecule has 0 atom stereocenters. The lowest BCUT2D eigenvalue weighted by atomic mass is 10.3. The number of quaternary nitrogens is 1. The summed E-state index contributed by atoms with van der Waals surface area (Å²) in [7, 11) is 5.18. The molecular weight excluding hydrogens is 212 g/mol. The van der Waals surface area contributed by atoms with Crippen molar-refractivity contribution in [2.75, 3.05) is 40.8 Å². The van der Waals surface area contributed by atoms with Gasteiger partial charge in [-0.3, -0.25) is 9.59 Å². The van der Waals surface area contributed by atoms with Gasteiger partial charge in [-0.2, -0.15) is 0 Å². The highest BCUT2D eigenvalue weighted by molar-refractivity contribution is 6.23. The van der Waals surface area contributed by atoms with Crippen LogP contribution in [0, 0.1) is 0 Å². The number of rotatable bonds is 7. The first-order valence-corrected chi connectivity index (χ1v) is 5.02. The molecule has 0 unspecified atom stereocenters. The number of carboxylic acids is 1. The molecule has 0 saturated carbocycles. The van der Waals surface area contributed by atoms with E-state index >= 15 is 0 Å². The van der Waals surface area contributed by atoms with E-state index in [-0.39, 0.29) is 12.8 Å². The van der Waals surface area contributed by atoms with E-state index in [1.807, 2.05) is 14.1 Å². The van der Waals surface area contributed by atoms with Gasteiger partial charge in [0, 0.05) is 20.0 Å². The first kappa shape index (κ1) is 14.6. The minimum atomic E-state index is -0.845. The molecule has 0 aromatic rings. The zero-order valence-corrected chi connectivity index (χ0v) is 9.97. The van der Waals surface area contributed by atoms with Crippen LogP contribution in [0.15, 0.2) is 0 Å². The van der Waals surface area contributed by atoms with Crippen molar-refractivity contribution in [3.05, 3.63) is 0 Å². The molecule has 0 aliphatic carbocycles. The molecule has 0 spiro atoms. The summed E-state index contributed by atoms with van der Waals surface area (Å²) in [5.41, 5.74) is 0. The van der Waals surface area contributed by atoms with Crippen LogP contribution in [0.3, 0.4) is 0 Å². The van der Waals surface area contributed by atoms with Crippen molar-refractivity contribution in [1.29, 1.82) is 0 Å². The molecule has 16 heavy (non-hydrogen) atoms. The molecule has 92 valence electrons. The fourth-order valence-corrected chi connectivity index (χ4v) is 1.38. The number of carbonyl (C=O) groups excluding carboxylic acids is 2. The summed E-state index contributed by atoms with van der Waals surface area (Å²) < 4.78 is 0.360. The molecule has 0 bridgehead atoms. The standard InChI is InChI=1S/C10H18N2O4/c1-11(9(14)8-13)5-4-6-12(2,3)7-10(15)16/h8H,4-7H2,1-3H3/p+1. The molecule has 1 amide bonds. The van der Waals surface area contributed by atoms with Crippen LogP contribution in [0.25, 0.3) is 0 Å². The van der Waals surface area contributed by atoms with E-state index in [9.17, 15) is 14.4 Å². The molecule has 0 aliphatic heterocycles. The quantitative estimate of drug-likeness (QED) is 0.353. The predicted octanol–water partition coefficient (Wildman–Crippen LogP) is -0.805. The summed E-state index contributed by atoms with van der Waals surface area (Å²) in [5.74, 6) is -1.40. The molecule has 0 saturated heterocycles. The number of carboxylic acid groups (broad SMARTS) is 1. The van der Waals surface area contributed by atoms with Gasteiger partial charge in [0.2, 0.25) is 6.29 Å². The third kappa shape index (κ3) is 6.13. The molecule has 6 heteroatoms. The number of amides is 1. The summed E-state index contributed by atoms with van der Waals surface area (Å²) in [6.07, 6.45) is 0.938. The van der Waals surface area contributed by atoms with Crippen molar-refractivity contribution >= 4 is 18.2 Å². The van der Waals surface area contributed by atoms with E-state index in [1.54, 1.807) is 7.05 Å². The van der Waals surface area contributed by atoms with Crippen LogP contribution in [0.2, 0.25) is 0 Å². The van der Waals surface area contributed by atoms with Crippen molar-refractivity contribution in [2.24, 2.45) is 0 Å². The Hall–Kier alpha value is -1.43. The topological polar surface area (TPSA) is 74.7 Å². The van der Waals surface area contributed by atoms with Crippen molar-refractivity contribution < 1.29 is 24.0 Å². The molecule has 0 aromatic carbocycles. The summed E-state index contributed by atoms with van der Waals surface area (Å²) >= 11 is 0. The van der Waals surface area contributed by atoms with Gasteiger partial charge < -0.3 is 14.5 Å². The van der Waals surface area contributed by atoms with Gasteiger partial charge in [-0.25, -0.2) is 4.79 Å². The van der Waals surface area contributed by atoms with Crippen molar-refractivity contribution in [3.8, 4) is 0 Å². The normalized spacial score (nSPS) is 10.9. The summed E-state index contributed by atoms with van der Waals surface area (Å²) in [4.78, 5) is 32.9. The Bertz CT molecular complexity index is 276. The van der Waals surface area contributed by atoms with Crippen molar-refractivity contribution in [1.82, 2.24) is 4.90 Å². The smallest absolute Gasteiger partial charge is 0.359 e. The van der Waals surface area contributed by atoms with Gasteiger partial charge in [-0.05, 0) is 0 Å². The van der Waals surface area contributed by atoms with Crippen LogP contribution in [0.4, 0.5) is 0 Å². The van der Waals surface area contributed by atoms with Gasteiger partial charge >= 0.3 is 5.97 Å². The lowest BCUT2D eigenvalue weighted by Gasteiger charge is -2.28. The van der Waals surface area contributed by atoms with Crippen molar-refractivity contribution in [2.45, 2.75) is 6.42 Å². The van der Waals surface area contributed by atoms with E-state index in [0.717, 1.165) is 0 Å². The first-order valence-electron chi connectivity index (χ1n) is 5.02. The summed E-state index contributed by atoms with van der Waals surface area (Å²) in [5, 5.41) is 8.66. The molecule has 0 fully saturated rings. The molecule has 1 N–H and O–H groups in total. The third-order valence-electron chi connectivity index (χ3n) is 2.30. The minimum Gasteiger partial charge on any atom is -0.477 e. The Balaban J connectivity index is 3.93. The van der Waals surface area contributed by atoms with E-state index in [4.69, 9.17) is 5.11 Å². The monoisotopic (exact) mass is 231 g/mol. The fraction of sp³-hybridized carbons (Fsp3) is 0.700. The third-order valence-corrected chi connectivity index (χ3v) is 2.30. The highest BCUT2D eigenvalue weighted by Gasteiger charge is 2.19. The molecule has 0 aliphatic rings. The lowest BCUT2D eigenvalue weighted by molar-refractivity contribution is -0.883. The number of likely N-dealkylation sites (N-methyl/N-ethyl adjacent to an activating group) is 2. The Morgan fingerprint density at radius 3 is 2.38 bits per heavy atom.